The van der Waals surface area contributed by atoms with Crippen LogP contribution in [0.2, 0.25) is 0 Å². The molecule has 1 aromatic rings. The van der Waals surface area contributed by atoms with Crippen LogP contribution < -0.4 is 10.2 Å². The minimum Gasteiger partial charge on any atom is -0.377 e. The summed E-state index contributed by atoms with van der Waals surface area (Å²) in [5, 5.41) is 3.04. The fourth-order valence-electron chi connectivity index (χ4n) is 1.62. The zero-order valence-corrected chi connectivity index (χ0v) is 10.6. The minimum absolute atomic E-state index is 0.289. The van der Waals surface area contributed by atoms with Crippen molar-refractivity contribution in [3.05, 3.63) is 30.3 Å². The van der Waals surface area contributed by atoms with Crippen molar-refractivity contribution in [2.75, 3.05) is 25.5 Å². The third-order valence-electron chi connectivity index (χ3n) is 2.51. The average Bonchev–Trinajstić information content (AvgIpc) is 2.29. The van der Waals surface area contributed by atoms with Crippen molar-refractivity contribution in [3.63, 3.8) is 0 Å². The number of benzene rings is 1. The van der Waals surface area contributed by atoms with E-state index in [0.717, 1.165) is 12.4 Å². The first-order valence-electron chi connectivity index (χ1n) is 5.62. The number of hydrogen-bond donors (Lipinski definition) is 1. The molecule has 0 radical (unpaired) electrons. The van der Waals surface area contributed by atoms with Crippen LogP contribution >= 0.6 is 0 Å². The van der Waals surface area contributed by atoms with E-state index in [9.17, 15) is 0 Å². The lowest BCUT2D eigenvalue weighted by molar-refractivity contribution is 0.715. The van der Waals surface area contributed by atoms with Gasteiger partial charge in [-0.05, 0) is 26.0 Å². The van der Waals surface area contributed by atoms with Gasteiger partial charge in [0.2, 0.25) is 0 Å². The van der Waals surface area contributed by atoms with Gasteiger partial charge in [0.1, 0.15) is 0 Å². The molecule has 0 aliphatic carbocycles. The van der Waals surface area contributed by atoms with Crippen molar-refractivity contribution in [2.45, 2.75) is 19.9 Å². The number of amidine groups is 1. The first-order chi connectivity index (χ1) is 7.63. The molecular formula is C13H21N3. The number of anilines is 1. The Labute approximate surface area is 98.2 Å². The molecule has 0 aliphatic heterocycles. The number of para-hydroxylation sites is 1. The molecule has 0 heterocycles. The Hall–Kier alpha value is -1.51. The van der Waals surface area contributed by atoms with E-state index in [2.05, 4.69) is 53.4 Å². The molecule has 88 valence electrons. The number of aliphatic imine (C=N–C) groups is 1. The minimum atomic E-state index is 0.289. The maximum Gasteiger partial charge on any atom is 0.0933 e. The third kappa shape index (κ3) is 3.93. The first kappa shape index (κ1) is 12.6. The molecule has 3 nitrogen and oxygen atoms in total. The highest BCUT2D eigenvalue weighted by Gasteiger charge is 2.05. The molecule has 0 bridgehead atoms. The van der Waals surface area contributed by atoms with Crippen molar-refractivity contribution < 1.29 is 0 Å². The fraction of sp³-hybridized carbons (Fsp3) is 0.462. The van der Waals surface area contributed by atoms with E-state index in [0.29, 0.717) is 0 Å². The van der Waals surface area contributed by atoms with Gasteiger partial charge in [0.25, 0.3) is 0 Å². The zero-order valence-electron chi connectivity index (χ0n) is 10.6. The molecule has 1 aromatic carbocycles. The summed E-state index contributed by atoms with van der Waals surface area (Å²) in [4.78, 5) is 6.74. The molecule has 1 rings (SSSR count). The topological polar surface area (TPSA) is 27.6 Å². The van der Waals surface area contributed by atoms with E-state index >= 15 is 0 Å². The highest BCUT2D eigenvalue weighted by atomic mass is 15.1. The lowest BCUT2D eigenvalue weighted by Crippen LogP contribution is -2.28. The summed E-state index contributed by atoms with van der Waals surface area (Å²) < 4.78 is 0. The summed E-state index contributed by atoms with van der Waals surface area (Å²) in [5.74, 6) is 0.981. The molecule has 1 unspecified atom stereocenters. The van der Waals surface area contributed by atoms with Gasteiger partial charge in [-0.1, -0.05) is 18.2 Å². The van der Waals surface area contributed by atoms with E-state index in [4.69, 9.17) is 0 Å². The number of nitrogens with one attached hydrogen (secondary N) is 1. The van der Waals surface area contributed by atoms with Crippen LogP contribution in [0.5, 0.6) is 0 Å². The van der Waals surface area contributed by atoms with Crippen molar-refractivity contribution in [3.8, 4) is 0 Å². The van der Waals surface area contributed by atoms with Crippen LogP contribution in [-0.2, 0) is 0 Å². The van der Waals surface area contributed by atoms with Gasteiger partial charge in [-0.15, -0.1) is 0 Å². The van der Waals surface area contributed by atoms with Gasteiger partial charge in [-0.2, -0.15) is 0 Å². The van der Waals surface area contributed by atoms with Crippen molar-refractivity contribution in [2.24, 2.45) is 4.99 Å². The average molecular weight is 219 g/mol. The standard InChI is InChI=1S/C13H21N3/c1-11(15-12(2)14-3)10-16(4)13-8-6-5-7-9-13/h5-9,11H,10H2,1-4H3,(H,14,15). The fourth-order valence-corrected chi connectivity index (χ4v) is 1.62. The quantitative estimate of drug-likeness (QED) is 0.620. The first-order valence-corrected chi connectivity index (χ1v) is 5.62. The van der Waals surface area contributed by atoms with Gasteiger partial charge in [-0.25, -0.2) is 0 Å². The summed E-state index contributed by atoms with van der Waals surface area (Å²) in [7, 11) is 3.99. The summed E-state index contributed by atoms with van der Waals surface area (Å²) in [6.07, 6.45) is 0. The molecule has 0 saturated carbocycles. The van der Waals surface area contributed by atoms with E-state index in [1.54, 1.807) is 0 Å². The van der Waals surface area contributed by atoms with Gasteiger partial charge in [0, 0.05) is 26.3 Å². The maximum atomic E-state index is 4.52. The third-order valence-corrected chi connectivity index (χ3v) is 2.51. The van der Waals surface area contributed by atoms with Crippen molar-refractivity contribution in [1.29, 1.82) is 0 Å². The van der Waals surface area contributed by atoms with Gasteiger partial charge in [0.05, 0.1) is 11.9 Å². The second kappa shape index (κ2) is 6.16. The Morgan fingerprint density at radius 2 is 2.00 bits per heavy atom. The Balaban J connectivity index is 2.55. The molecule has 3 heteroatoms. The maximum absolute atomic E-state index is 4.52. The lowest BCUT2D eigenvalue weighted by atomic mass is 10.2. The van der Waals surface area contributed by atoms with E-state index in [1.807, 2.05) is 20.0 Å². The Bertz CT molecular complexity index is 332. The normalized spacial score (nSPS) is 13.4. The van der Waals surface area contributed by atoms with Crippen LogP contribution in [0.25, 0.3) is 0 Å². The summed E-state index contributed by atoms with van der Waals surface area (Å²) >= 11 is 0. The molecule has 0 saturated heterocycles. The lowest BCUT2D eigenvalue weighted by Gasteiger charge is -2.21. The van der Waals surface area contributed by atoms with Gasteiger partial charge in [0.15, 0.2) is 0 Å². The molecule has 0 aliphatic rings. The SMILES string of the molecule is CN/C(C)=N/C(C)CN(C)c1ccccc1. The molecule has 0 fully saturated rings. The van der Waals surface area contributed by atoms with E-state index in [1.165, 1.54) is 5.69 Å². The number of nitrogens with zero attached hydrogens (tertiary/aromatic N) is 2. The monoisotopic (exact) mass is 219 g/mol. The van der Waals surface area contributed by atoms with Gasteiger partial charge < -0.3 is 10.2 Å². The molecule has 0 aromatic heterocycles. The van der Waals surface area contributed by atoms with Crippen LogP contribution in [-0.4, -0.2) is 32.5 Å². The molecular weight excluding hydrogens is 198 g/mol. The number of hydrogen-bond acceptors (Lipinski definition) is 2. The summed E-state index contributed by atoms with van der Waals surface area (Å²) in [6, 6.07) is 10.7. The molecule has 0 amide bonds. The van der Waals surface area contributed by atoms with Crippen LogP contribution in [0, 0.1) is 0 Å². The summed E-state index contributed by atoms with van der Waals surface area (Å²) in [5.41, 5.74) is 1.23. The zero-order chi connectivity index (χ0) is 12.0. The second-order valence-corrected chi connectivity index (χ2v) is 4.03. The van der Waals surface area contributed by atoms with Gasteiger partial charge in [-0.3, -0.25) is 4.99 Å². The van der Waals surface area contributed by atoms with Crippen LogP contribution in [0.4, 0.5) is 5.69 Å². The summed E-state index contributed by atoms with van der Waals surface area (Å²) in [6.45, 7) is 5.03. The highest BCUT2D eigenvalue weighted by molar-refractivity contribution is 5.79. The van der Waals surface area contributed by atoms with Crippen molar-refractivity contribution in [1.82, 2.24) is 5.32 Å². The van der Waals surface area contributed by atoms with E-state index in [-0.39, 0.29) is 6.04 Å². The second-order valence-electron chi connectivity index (χ2n) is 4.03. The Morgan fingerprint density at radius 3 is 2.56 bits per heavy atom. The highest BCUT2D eigenvalue weighted by Crippen LogP contribution is 2.11. The Morgan fingerprint density at radius 1 is 1.38 bits per heavy atom. The van der Waals surface area contributed by atoms with Crippen LogP contribution in [0.3, 0.4) is 0 Å². The molecule has 0 spiro atoms. The predicted molar refractivity (Wildman–Crippen MR) is 71.3 cm³/mol. The predicted octanol–water partition coefficient (Wildman–Crippen LogP) is 2.15. The van der Waals surface area contributed by atoms with Crippen LogP contribution in [0.1, 0.15) is 13.8 Å². The Kier molecular flexibility index (Phi) is 4.83. The largest absolute Gasteiger partial charge is 0.377 e. The molecule has 1 N–H and O–H groups in total. The number of rotatable bonds is 4. The number of likely N-dealkylation sites (N-methyl/N-ethyl adjacent to an activating group) is 1. The van der Waals surface area contributed by atoms with Gasteiger partial charge >= 0.3 is 0 Å². The molecule has 1 atom stereocenters. The van der Waals surface area contributed by atoms with Crippen LogP contribution in [0.15, 0.2) is 35.3 Å². The van der Waals surface area contributed by atoms with E-state index < -0.39 is 0 Å². The smallest absolute Gasteiger partial charge is 0.0933 e. The molecule has 16 heavy (non-hydrogen) atoms. The van der Waals surface area contributed by atoms with Crippen molar-refractivity contribution >= 4 is 11.5 Å².